The van der Waals surface area contributed by atoms with Crippen LogP contribution in [0.1, 0.15) is 10.4 Å². The van der Waals surface area contributed by atoms with E-state index in [1.807, 2.05) is 42.5 Å². The van der Waals surface area contributed by atoms with E-state index in [2.05, 4.69) is 5.32 Å². The molecular weight excluding hydrogens is 331 g/mol. The Kier molecular flexibility index (Phi) is 5.61. The standard InChI is InChI=1S/C21H19FN2O2/c22-12-15(13-23)14-26-18-10-8-17(9-11-18)21(25)24-20-7-3-5-16-4-1-2-6-19(16)20/h1-12H,13-14,23H2,(H,24,25)/b15-12+. The Morgan fingerprint density at radius 3 is 2.50 bits per heavy atom. The first kappa shape index (κ1) is 17.6. The summed E-state index contributed by atoms with van der Waals surface area (Å²) in [4.78, 5) is 12.5. The molecule has 3 rings (SSSR count). The normalized spacial score (nSPS) is 11.4. The van der Waals surface area contributed by atoms with Gasteiger partial charge in [0.1, 0.15) is 12.4 Å². The van der Waals surface area contributed by atoms with Crippen LogP contribution < -0.4 is 15.8 Å². The van der Waals surface area contributed by atoms with Gasteiger partial charge in [0.15, 0.2) is 0 Å². The summed E-state index contributed by atoms with van der Waals surface area (Å²) in [5.74, 6) is 0.332. The summed E-state index contributed by atoms with van der Waals surface area (Å²) in [5.41, 5.74) is 7.01. The van der Waals surface area contributed by atoms with Crippen molar-refractivity contribution in [2.24, 2.45) is 5.73 Å². The highest BCUT2D eigenvalue weighted by atomic mass is 19.1. The van der Waals surface area contributed by atoms with Gasteiger partial charge in [-0.2, -0.15) is 0 Å². The zero-order valence-corrected chi connectivity index (χ0v) is 14.1. The van der Waals surface area contributed by atoms with Crippen molar-refractivity contribution in [3.8, 4) is 5.75 Å². The number of benzene rings is 3. The minimum atomic E-state index is -0.209. The molecule has 3 aromatic rings. The summed E-state index contributed by atoms with van der Waals surface area (Å²) < 4.78 is 17.9. The molecule has 0 spiro atoms. The van der Waals surface area contributed by atoms with E-state index in [4.69, 9.17) is 10.5 Å². The molecule has 0 saturated heterocycles. The predicted molar refractivity (Wildman–Crippen MR) is 102 cm³/mol. The molecule has 5 heteroatoms. The molecule has 132 valence electrons. The lowest BCUT2D eigenvalue weighted by molar-refractivity contribution is 0.102. The van der Waals surface area contributed by atoms with E-state index in [0.29, 0.717) is 23.2 Å². The molecule has 0 aliphatic heterocycles. The first-order valence-electron chi connectivity index (χ1n) is 8.21. The zero-order chi connectivity index (χ0) is 18.4. The van der Waals surface area contributed by atoms with Crippen molar-refractivity contribution in [1.29, 1.82) is 0 Å². The van der Waals surface area contributed by atoms with Gasteiger partial charge in [-0.1, -0.05) is 36.4 Å². The topological polar surface area (TPSA) is 64.3 Å². The van der Waals surface area contributed by atoms with E-state index in [-0.39, 0.29) is 19.1 Å². The lowest BCUT2D eigenvalue weighted by Gasteiger charge is -2.10. The molecule has 26 heavy (non-hydrogen) atoms. The third kappa shape index (κ3) is 4.07. The van der Waals surface area contributed by atoms with Gasteiger partial charge in [-0.05, 0) is 35.7 Å². The highest BCUT2D eigenvalue weighted by Crippen LogP contribution is 2.23. The van der Waals surface area contributed by atoms with Crippen molar-refractivity contribution >= 4 is 22.4 Å². The van der Waals surface area contributed by atoms with Crippen molar-refractivity contribution in [3.05, 3.63) is 84.2 Å². The number of fused-ring (bicyclic) bond motifs is 1. The fourth-order valence-electron chi connectivity index (χ4n) is 2.54. The number of hydrogen-bond donors (Lipinski definition) is 2. The summed E-state index contributed by atoms with van der Waals surface area (Å²) in [5, 5.41) is 4.98. The van der Waals surface area contributed by atoms with E-state index < -0.39 is 0 Å². The van der Waals surface area contributed by atoms with Gasteiger partial charge in [-0.15, -0.1) is 0 Å². The monoisotopic (exact) mass is 350 g/mol. The molecular formula is C21H19FN2O2. The number of carbonyl (C=O) groups is 1. The van der Waals surface area contributed by atoms with Crippen LogP contribution in [0.5, 0.6) is 5.75 Å². The summed E-state index contributed by atoms with van der Waals surface area (Å²) in [7, 11) is 0. The fourth-order valence-corrected chi connectivity index (χ4v) is 2.54. The lowest BCUT2D eigenvalue weighted by Crippen LogP contribution is -2.12. The number of amides is 1. The number of anilines is 1. The molecule has 0 atom stereocenters. The van der Waals surface area contributed by atoms with Crippen molar-refractivity contribution in [1.82, 2.24) is 0 Å². The van der Waals surface area contributed by atoms with E-state index in [9.17, 15) is 9.18 Å². The molecule has 0 aromatic heterocycles. The molecule has 0 heterocycles. The molecule has 1 amide bonds. The molecule has 3 N–H and O–H groups in total. The number of rotatable bonds is 6. The van der Waals surface area contributed by atoms with Crippen LogP contribution in [0.3, 0.4) is 0 Å². The van der Waals surface area contributed by atoms with Crippen LogP contribution in [0.2, 0.25) is 0 Å². The van der Waals surface area contributed by atoms with E-state index in [1.165, 1.54) is 0 Å². The van der Waals surface area contributed by atoms with E-state index in [1.54, 1.807) is 24.3 Å². The van der Waals surface area contributed by atoms with Gasteiger partial charge in [0.05, 0.1) is 6.33 Å². The van der Waals surface area contributed by atoms with Crippen LogP contribution in [-0.4, -0.2) is 19.1 Å². The second-order valence-corrected chi connectivity index (χ2v) is 5.77. The third-order valence-electron chi connectivity index (χ3n) is 4.00. The summed E-state index contributed by atoms with van der Waals surface area (Å²) in [6.45, 7) is 0.177. The number of hydrogen-bond acceptors (Lipinski definition) is 3. The average molecular weight is 350 g/mol. The van der Waals surface area contributed by atoms with Crippen LogP contribution in [0.25, 0.3) is 10.8 Å². The number of carbonyl (C=O) groups excluding carboxylic acids is 1. The fraction of sp³-hybridized carbons (Fsp3) is 0.0952. The number of halogens is 1. The van der Waals surface area contributed by atoms with Crippen LogP contribution >= 0.6 is 0 Å². The van der Waals surface area contributed by atoms with Gasteiger partial charge < -0.3 is 15.8 Å². The van der Waals surface area contributed by atoms with Crippen LogP contribution in [0, 0.1) is 0 Å². The van der Waals surface area contributed by atoms with Gasteiger partial charge >= 0.3 is 0 Å². The van der Waals surface area contributed by atoms with Gasteiger partial charge in [0, 0.05) is 28.8 Å². The van der Waals surface area contributed by atoms with Crippen LogP contribution in [-0.2, 0) is 0 Å². The van der Waals surface area contributed by atoms with Crippen molar-refractivity contribution in [3.63, 3.8) is 0 Å². The summed E-state index contributed by atoms with van der Waals surface area (Å²) >= 11 is 0. The van der Waals surface area contributed by atoms with Gasteiger partial charge in [-0.3, -0.25) is 4.79 Å². The van der Waals surface area contributed by atoms with Gasteiger partial charge in [-0.25, -0.2) is 4.39 Å². The third-order valence-corrected chi connectivity index (χ3v) is 4.00. The zero-order valence-electron chi connectivity index (χ0n) is 14.1. The maximum atomic E-state index is 12.5. The Balaban J connectivity index is 1.70. The molecule has 0 unspecified atom stereocenters. The quantitative estimate of drug-likeness (QED) is 0.697. The van der Waals surface area contributed by atoms with Crippen LogP contribution in [0.15, 0.2) is 78.6 Å². The van der Waals surface area contributed by atoms with Gasteiger partial charge in [0.2, 0.25) is 0 Å². The minimum absolute atomic E-state index is 0.0779. The largest absolute Gasteiger partial charge is 0.489 e. The Morgan fingerprint density at radius 2 is 1.77 bits per heavy atom. The van der Waals surface area contributed by atoms with E-state index in [0.717, 1.165) is 16.5 Å². The average Bonchev–Trinajstić information content (AvgIpc) is 2.69. The second kappa shape index (κ2) is 8.27. The summed E-state index contributed by atoms with van der Waals surface area (Å²) in [6.07, 6.45) is 0.450. The molecule has 0 aliphatic carbocycles. The first-order chi connectivity index (χ1) is 12.7. The van der Waals surface area contributed by atoms with E-state index >= 15 is 0 Å². The smallest absolute Gasteiger partial charge is 0.255 e. The molecule has 0 fully saturated rings. The number of ether oxygens (including phenoxy) is 1. The Hall–Kier alpha value is -3.18. The molecule has 0 saturated carbocycles. The molecule has 4 nitrogen and oxygen atoms in total. The Bertz CT molecular complexity index is 931. The Morgan fingerprint density at radius 1 is 1.04 bits per heavy atom. The van der Waals surface area contributed by atoms with Crippen LogP contribution in [0.4, 0.5) is 10.1 Å². The Labute approximate surface area is 151 Å². The molecule has 3 aromatic carbocycles. The van der Waals surface area contributed by atoms with Crippen molar-refractivity contribution in [2.45, 2.75) is 0 Å². The summed E-state index contributed by atoms with van der Waals surface area (Å²) in [6, 6.07) is 20.3. The van der Waals surface area contributed by atoms with Gasteiger partial charge in [0.25, 0.3) is 5.91 Å². The maximum Gasteiger partial charge on any atom is 0.255 e. The van der Waals surface area contributed by atoms with Crippen molar-refractivity contribution < 1.29 is 13.9 Å². The SMILES string of the molecule is NC/C(=C\F)COc1ccc(C(=O)Nc2cccc3ccccc23)cc1. The van der Waals surface area contributed by atoms with Crippen molar-refractivity contribution in [2.75, 3.05) is 18.5 Å². The predicted octanol–water partition coefficient (Wildman–Crippen LogP) is 4.28. The second-order valence-electron chi connectivity index (χ2n) is 5.77. The number of nitrogens with one attached hydrogen (secondary N) is 1. The lowest BCUT2D eigenvalue weighted by atomic mass is 10.1. The highest BCUT2D eigenvalue weighted by Gasteiger charge is 2.08. The molecule has 0 bridgehead atoms. The number of nitrogens with two attached hydrogens (primary N) is 1. The highest BCUT2D eigenvalue weighted by molar-refractivity contribution is 6.09. The minimum Gasteiger partial charge on any atom is -0.489 e. The molecule has 0 aliphatic rings. The maximum absolute atomic E-state index is 12.5. The first-order valence-corrected chi connectivity index (χ1v) is 8.21. The molecule has 0 radical (unpaired) electrons.